The van der Waals surface area contributed by atoms with Crippen molar-refractivity contribution in [2.75, 3.05) is 43.8 Å². The molecule has 0 bridgehead atoms. The van der Waals surface area contributed by atoms with Gasteiger partial charge >= 0.3 is 0 Å². The number of thioether (sulfide) groups is 1. The highest BCUT2D eigenvalue weighted by Gasteiger charge is 2.23. The van der Waals surface area contributed by atoms with E-state index >= 15 is 0 Å². The second-order valence-electron chi connectivity index (χ2n) is 7.20. The quantitative estimate of drug-likeness (QED) is 0.503. The van der Waals surface area contributed by atoms with Crippen molar-refractivity contribution in [3.8, 4) is 0 Å². The third-order valence-corrected chi connectivity index (χ3v) is 5.87. The van der Waals surface area contributed by atoms with Crippen LogP contribution in [0.4, 0.5) is 10.1 Å². The molecule has 0 atom stereocenters. The SMILES string of the molecule is O=C(CN1CCN(C(=O)CSc2nnnn2Cc2ccco2)CC1)Nc1ccc(F)cc1. The van der Waals surface area contributed by atoms with Crippen molar-refractivity contribution < 1.29 is 18.4 Å². The van der Waals surface area contributed by atoms with Crippen LogP contribution in [0.2, 0.25) is 0 Å². The average molecular weight is 460 g/mol. The number of tetrazole rings is 1. The predicted molar refractivity (Wildman–Crippen MR) is 114 cm³/mol. The molecule has 1 aliphatic rings. The Bertz CT molecular complexity index is 1030. The molecule has 0 saturated carbocycles. The molecule has 3 heterocycles. The van der Waals surface area contributed by atoms with E-state index < -0.39 is 0 Å². The molecule has 4 rings (SSSR count). The van der Waals surface area contributed by atoms with E-state index in [9.17, 15) is 14.0 Å². The molecule has 1 N–H and O–H groups in total. The van der Waals surface area contributed by atoms with Gasteiger partial charge in [-0.1, -0.05) is 11.8 Å². The van der Waals surface area contributed by atoms with Crippen molar-refractivity contribution in [2.45, 2.75) is 11.7 Å². The lowest BCUT2D eigenvalue weighted by Gasteiger charge is -2.34. The van der Waals surface area contributed by atoms with E-state index in [4.69, 9.17) is 4.42 Å². The number of anilines is 1. The Morgan fingerprint density at radius 3 is 2.62 bits per heavy atom. The highest BCUT2D eigenvalue weighted by Crippen LogP contribution is 2.17. The Hall–Kier alpha value is -3.25. The second kappa shape index (κ2) is 10.4. The number of carbonyl (C=O) groups excluding carboxylic acids is 2. The number of halogens is 1. The number of amides is 2. The van der Waals surface area contributed by atoms with Gasteiger partial charge in [0.2, 0.25) is 17.0 Å². The number of aromatic nitrogens is 4. The van der Waals surface area contributed by atoms with Crippen molar-refractivity contribution in [2.24, 2.45) is 0 Å². The van der Waals surface area contributed by atoms with Gasteiger partial charge in [0.25, 0.3) is 0 Å². The fourth-order valence-electron chi connectivity index (χ4n) is 3.26. The molecule has 1 aliphatic heterocycles. The van der Waals surface area contributed by atoms with Crippen LogP contribution in [0, 0.1) is 5.82 Å². The molecular formula is C20H22FN7O3S. The maximum atomic E-state index is 13.0. The number of hydrogen-bond acceptors (Lipinski definition) is 8. The predicted octanol–water partition coefficient (Wildman–Crippen LogP) is 1.33. The first-order valence-electron chi connectivity index (χ1n) is 10.0. The van der Waals surface area contributed by atoms with Gasteiger partial charge in [0.05, 0.1) is 18.6 Å². The first kappa shape index (κ1) is 22.0. The average Bonchev–Trinajstić information content (AvgIpc) is 3.46. The van der Waals surface area contributed by atoms with Crippen LogP contribution in [0.3, 0.4) is 0 Å². The van der Waals surface area contributed by atoms with Gasteiger partial charge in [0.1, 0.15) is 18.1 Å². The molecular weight excluding hydrogens is 437 g/mol. The summed E-state index contributed by atoms with van der Waals surface area (Å²) in [5.41, 5.74) is 0.552. The molecule has 0 unspecified atom stereocenters. The first-order valence-corrected chi connectivity index (χ1v) is 11.0. The summed E-state index contributed by atoms with van der Waals surface area (Å²) in [6, 6.07) is 9.27. The summed E-state index contributed by atoms with van der Waals surface area (Å²) in [5, 5.41) is 14.9. The summed E-state index contributed by atoms with van der Waals surface area (Å²) in [7, 11) is 0. The Kier molecular flexibility index (Phi) is 7.12. The normalized spacial score (nSPS) is 14.5. The zero-order chi connectivity index (χ0) is 22.3. The van der Waals surface area contributed by atoms with E-state index in [1.807, 2.05) is 11.0 Å². The molecule has 1 aromatic carbocycles. The second-order valence-corrected chi connectivity index (χ2v) is 8.14. The first-order chi connectivity index (χ1) is 15.6. The van der Waals surface area contributed by atoms with Gasteiger partial charge in [-0.15, -0.1) is 5.10 Å². The van der Waals surface area contributed by atoms with Crippen LogP contribution in [0.5, 0.6) is 0 Å². The van der Waals surface area contributed by atoms with E-state index in [0.29, 0.717) is 43.6 Å². The van der Waals surface area contributed by atoms with E-state index in [2.05, 4.69) is 20.8 Å². The lowest BCUT2D eigenvalue weighted by molar-refractivity contribution is -0.130. The number of furan rings is 1. The Morgan fingerprint density at radius 2 is 1.91 bits per heavy atom. The minimum atomic E-state index is -0.351. The Balaban J connectivity index is 1.19. The van der Waals surface area contributed by atoms with Gasteiger partial charge in [-0.05, 0) is 46.8 Å². The molecule has 1 saturated heterocycles. The van der Waals surface area contributed by atoms with Crippen molar-refractivity contribution in [1.29, 1.82) is 0 Å². The summed E-state index contributed by atoms with van der Waals surface area (Å²) in [6.45, 7) is 2.90. The fraction of sp³-hybridized carbons (Fsp3) is 0.350. The van der Waals surface area contributed by atoms with Crippen LogP contribution in [0.25, 0.3) is 0 Å². The van der Waals surface area contributed by atoms with E-state index in [1.54, 1.807) is 21.9 Å². The molecule has 3 aromatic rings. The zero-order valence-electron chi connectivity index (χ0n) is 17.2. The lowest BCUT2D eigenvalue weighted by atomic mass is 10.3. The third kappa shape index (κ3) is 5.92. The van der Waals surface area contributed by atoms with Crippen LogP contribution < -0.4 is 5.32 Å². The number of piperazine rings is 1. The number of nitrogens with one attached hydrogen (secondary N) is 1. The van der Waals surface area contributed by atoms with Gasteiger partial charge in [-0.25, -0.2) is 9.07 Å². The van der Waals surface area contributed by atoms with Gasteiger partial charge < -0.3 is 14.6 Å². The van der Waals surface area contributed by atoms with Crippen LogP contribution >= 0.6 is 11.8 Å². The van der Waals surface area contributed by atoms with E-state index in [1.165, 1.54) is 36.0 Å². The number of hydrogen-bond donors (Lipinski definition) is 1. The van der Waals surface area contributed by atoms with Crippen LogP contribution in [-0.2, 0) is 16.1 Å². The fourth-order valence-corrected chi connectivity index (χ4v) is 4.04. The monoisotopic (exact) mass is 459 g/mol. The van der Waals surface area contributed by atoms with Crippen molar-refractivity contribution in [3.05, 3.63) is 54.2 Å². The number of benzene rings is 1. The molecule has 2 amide bonds. The highest BCUT2D eigenvalue weighted by molar-refractivity contribution is 7.99. The van der Waals surface area contributed by atoms with Gasteiger partial charge in [-0.3, -0.25) is 14.5 Å². The summed E-state index contributed by atoms with van der Waals surface area (Å²) < 4.78 is 19.9. The number of carbonyl (C=O) groups is 2. The third-order valence-electron chi connectivity index (χ3n) is 4.93. The standard InChI is InChI=1S/C20H22FN7O3S/c21-15-3-5-16(6-4-15)22-18(29)13-26-7-9-27(10-8-26)19(30)14-32-20-23-24-25-28(20)12-17-2-1-11-31-17/h1-6,11H,7-10,12-14H2,(H,22,29). The van der Waals surface area contributed by atoms with Gasteiger partial charge in [-0.2, -0.15) is 0 Å². The van der Waals surface area contributed by atoms with Crippen molar-refractivity contribution in [3.63, 3.8) is 0 Å². The maximum absolute atomic E-state index is 13.0. The largest absolute Gasteiger partial charge is 0.467 e. The molecule has 0 spiro atoms. The molecule has 1 fully saturated rings. The zero-order valence-corrected chi connectivity index (χ0v) is 18.0. The summed E-state index contributed by atoms with van der Waals surface area (Å²) >= 11 is 1.28. The van der Waals surface area contributed by atoms with E-state index in [-0.39, 0.29) is 29.9 Å². The summed E-state index contributed by atoms with van der Waals surface area (Å²) in [4.78, 5) is 28.6. The molecule has 0 radical (unpaired) electrons. The Labute approximate surface area is 187 Å². The van der Waals surface area contributed by atoms with Crippen LogP contribution in [0.1, 0.15) is 5.76 Å². The number of nitrogens with zero attached hydrogens (tertiary/aromatic N) is 6. The van der Waals surface area contributed by atoms with E-state index in [0.717, 1.165) is 5.76 Å². The minimum absolute atomic E-state index is 0.00189. The van der Waals surface area contributed by atoms with Crippen LogP contribution in [-0.4, -0.2) is 80.3 Å². The molecule has 12 heteroatoms. The molecule has 10 nitrogen and oxygen atoms in total. The molecule has 168 valence electrons. The molecule has 2 aromatic heterocycles. The van der Waals surface area contributed by atoms with Gasteiger partial charge in [0, 0.05) is 31.9 Å². The minimum Gasteiger partial charge on any atom is -0.467 e. The summed E-state index contributed by atoms with van der Waals surface area (Å²) in [6.07, 6.45) is 1.59. The molecule has 32 heavy (non-hydrogen) atoms. The number of rotatable bonds is 8. The highest BCUT2D eigenvalue weighted by atomic mass is 32.2. The van der Waals surface area contributed by atoms with Crippen molar-refractivity contribution >= 4 is 29.3 Å². The smallest absolute Gasteiger partial charge is 0.238 e. The van der Waals surface area contributed by atoms with Gasteiger partial charge in [0.15, 0.2) is 0 Å². The Morgan fingerprint density at radius 1 is 1.12 bits per heavy atom. The topological polar surface area (TPSA) is 109 Å². The summed E-state index contributed by atoms with van der Waals surface area (Å²) in [5.74, 6) is 0.429. The van der Waals surface area contributed by atoms with Crippen LogP contribution in [0.15, 0.2) is 52.2 Å². The van der Waals surface area contributed by atoms with Crippen molar-refractivity contribution in [1.82, 2.24) is 30.0 Å². The maximum Gasteiger partial charge on any atom is 0.238 e. The lowest BCUT2D eigenvalue weighted by Crippen LogP contribution is -2.50. The molecule has 0 aliphatic carbocycles.